The number of hydrogen-bond acceptors (Lipinski definition) is 2. The zero-order chi connectivity index (χ0) is 10.7. The molecule has 1 aliphatic heterocycles. The second-order valence-corrected chi connectivity index (χ2v) is 4.50. The van der Waals surface area contributed by atoms with E-state index in [4.69, 9.17) is 0 Å². The summed E-state index contributed by atoms with van der Waals surface area (Å²) in [5.41, 5.74) is 0. The summed E-state index contributed by atoms with van der Waals surface area (Å²) in [4.78, 5) is 16.2. The van der Waals surface area contributed by atoms with Crippen LogP contribution in [-0.4, -0.2) is 54.6 Å². The lowest BCUT2D eigenvalue weighted by molar-refractivity contribution is 0.198. The molecule has 1 saturated heterocycles. The average molecular weight is 211 g/mol. The highest BCUT2D eigenvalue weighted by Crippen LogP contribution is 2.19. The Bertz CT molecular complexity index is 228. The van der Waals surface area contributed by atoms with Gasteiger partial charge in [0.2, 0.25) is 0 Å². The molecular formula is C11H21N3O. The number of rotatable bonds is 2. The van der Waals surface area contributed by atoms with Gasteiger partial charge in [-0.05, 0) is 32.4 Å². The summed E-state index contributed by atoms with van der Waals surface area (Å²) >= 11 is 0. The molecule has 1 aliphatic carbocycles. The van der Waals surface area contributed by atoms with Gasteiger partial charge >= 0.3 is 6.03 Å². The second-order valence-electron chi connectivity index (χ2n) is 4.50. The lowest BCUT2D eigenvalue weighted by Gasteiger charge is -2.21. The van der Waals surface area contributed by atoms with Crippen LogP contribution in [0.25, 0.3) is 0 Å². The Morgan fingerprint density at radius 2 is 2.07 bits per heavy atom. The summed E-state index contributed by atoms with van der Waals surface area (Å²) in [5, 5.41) is 3.05. The van der Waals surface area contributed by atoms with Crippen molar-refractivity contribution in [3.05, 3.63) is 0 Å². The van der Waals surface area contributed by atoms with Crippen LogP contribution in [0.1, 0.15) is 26.2 Å². The number of urea groups is 1. The molecule has 4 heteroatoms. The zero-order valence-corrected chi connectivity index (χ0v) is 9.54. The van der Waals surface area contributed by atoms with Gasteiger partial charge in [-0.3, -0.25) is 0 Å². The monoisotopic (exact) mass is 211 g/mol. The van der Waals surface area contributed by atoms with Crippen molar-refractivity contribution in [2.24, 2.45) is 0 Å². The smallest absolute Gasteiger partial charge is 0.317 e. The summed E-state index contributed by atoms with van der Waals surface area (Å²) in [6, 6.07) is 0.624. The van der Waals surface area contributed by atoms with Crippen LogP contribution in [0.2, 0.25) is 0 Å². The number of carbonyl (C=O) groups excluding carboxylic acids is 1. The minimum absolute atomic E-state index is 0.149. The minimum Gasteiger partial charge on any atom is -0.335 e. The van der Waals surface area contributed by atoms with Gasteiger partial charge in [0.25, 0.3) is 0 Å². The summed E-state index contributed by atoms with van der Waals surface area (Å²) in [5.74, 6) is 0. The van der Waals surface area contributed by atoms with Gasteiger partial charge in [0.05, 0.1) is 0 Å². The highest BCUT2D eigenvalue weighted by molar-refractivity contribution is 5.74. The van der Waals surface area contributed by atoms with Crippen LogP contribution in [0.15, 0.2) is 0 Å². The molecule has 1 heterocycles. The maximum atomic E-state index is 11.8. The topological polar surface area (TPSA) is 35.6 Å². The molecule has 2 fully saturated rings. The molecule has 1 saturated carbocycles. The maximum absolute atomic E-state index is 11.8. The summed E-state index contributed by atoms with van der Waals surface area (Å²) in [7, 11) is 0. The molecular weight excluding hydrogens is 190 g/mol. The van der Waals surface area contributed by atoms with Crippen molar-refractivity contribution < 1.29 is 4.79 Å². The zero-order valence-electron chi connectivity index (χ0n) is 9.54. The quantitative estimate of drug-likeness (QED) is 0.736. The first-order valence-corrected chi connectivity index (χ1v) is 6.07. The maximum Gasteiger partial charge on any atom is 0.317 e. The van der Waals surface area contributed by atoms with Crippen LogP contribution in [0.5, 0.6) is 0 Å². The number of nitrogens with one attached hydrogen (secondary N) is 1. The molecule has 0 unspecified atom stereocenters. The van der Waals surface area contributed by atoms with E-state index in [1.807, 2.05) is 4.90 Å². The molecule has 0 aromatic heterocycles. The third kappa shape index (κ3) is 3.09. The van der Waals surface area contributed by atoms with Crippen molar-refractivity contribution in [3.8, 4) is 0 Å². The Hall–Kier alpha value is -0.770. The standard InChI is InChI=1S/C11H21N3O/c1-2-13-6-3-7-14(9-8-13)11(15)12-10-4-5-10/h10H,2-9H2,1H3,(H,12,15). The van der Waals surface area contributed by atoms with E-state index in [9.17, 15) is 4.79 Å². The number of carbonyl (C=O) groups is 1. The van der Waals surface area contributed by atoms with Gasteiger partial charge in [0, 0.05) is 25.7 Å². The fraction of sp³-hybridized carbons (Fsp3) is 0.909. The van der Waals surface area contributed by atoms with Gasteiger partial charge in [-0.1, -0.05) is 6.92 Å². The number of nitrogens with zero attached hydrogens (tertiary/aromatic N) is 2. The van der Waals surface area contributed by atoms with E-state index < -0.39 is 0 Å². The highest BCUT2D eigenvalue weighted by atomic mass is 16.2. The number of likely N-dealkylation sites (N-methyl/N-ethyl adjacent to an activating group) is 1. The normalized spacial score (nSPS) is 23.7. The van der Waals surface area contributed by atoms with Gasteiger partial charge in [-0.25, -0.2) is 4.79 Å². The SMILES string of the molecule is CCN1CCCN(C(=O)NC2CC2)CC1. The van der Waals surface area contributed by atoms with E-state index in [1.54, 1.807) is 0 Å². The first kappa shape index (κ1) is 10.7. The molecule has 1 N–H and O–H groups in total. The Balaban J connectivity index is 1.78. The van der Waals surface area contributed by atoms with Crippen molar-refractivity contribution in [2.45, 2.75) is 32.2 Å². The molecule has 2 aliphatic rings. The molecule has 0 aromatic carbocycles. The largest absolute Gasteiger partial charge is 0.335 e. The van der Waals surface area contributed by atoms with Crippen LogP contribution in [0, 0.1) is 0 Å². The van der Waals surface area contributed by atoms with Crippen LogP contribution < -0.4 is 5.32 Å². The first-order valence-electron chi connectivity index (χ1n) is 6.07. The van der Waals surface area contributed by atoms with E-state index in [0.717, 1.165) is 39.1 Å². The Morgan fingerprint density at radius 3 is 2.73 bits per heavy atom. The molecule has 0 spiro atoms. The van der Waals surface area contributed by atoms with Crippen molar-refractivity contribution in [1.82, 2.24) is 15.1 Å². The van der Waals surface area contributed by atoms with E-state index in [-0.39, 0.29) is 6.03 Å². The predicted octanol–water partition coefficient (Wildman–Crippen LogP) is 0.886. The lowest BCUT2D eigenvalue weighted by atomic mass is 10.4. The number of hydrogen-bond donors (Lipinski definition) is 1. The molecule has 2 rings (SSSR count). The van der Waals surface area contributed by atoms with E-state index in [1.165, 1.54) is 12.8 Å². The van der Waals surface area contributed by atoms with Crippen molar-refractivity contribution >= 4 is 6.03 Å². The van der Waals surface area contributed by atoms with Gasteiger partial charge in [0.15, 0.2) is 0 Å². The number of amides is 2. The minimum atomic E-state index is 0.149. The van der Waals surface area contributed by atoms with E-state index in [2.05, 4.69) is 17.1 Å². The van der Waals surface area contributed by atoms with Crippen molar-refractivity contribution in [1.29, 1.82) is 0 Å². The summed E-state index contributed by atoms with van der Waals surface area (Å²) in [6.07, 6.45) is 3.44. The molecule has 0 aromatic rings. The van der Waals surface area contributed by atoms with Crippen LogP contribution >= 0.6 is 0 Å². The molecule has 2 amide bonds. The molecule has 0 atom stereocenters. The van der Waals surface area contributed by atoms with Gasteiger partial charge < -0.3 is 15.1 Å². The van der Waals surface area contributed by atoms with E-state index in [0.29, 0.717) is 6.04 Å². The van der Waals surface area contributed by atoms with Gasteiger partial charge in [-0.2, -0.15) is 0 Å². The first-order chi connectivity index (χ1) is 7.29. The van der Waals surface area contributed by atoms with Gasteiger partial charge in [0.1, 0.15) is 0 Å². The third-order valence-corrected chi connectivity index (χ3v) is 3.23. The summed E-state index contributed by atoms with van der Waals surface area (Å²) in [6.45, 7) is 7.22. The van der Waals surface area contributed by atoms with Crippen molar-refractivity contribution in [2.75, 3.05) is 32.7 Å². The summed E-state index contributed by atoms with van der Waals surface area (Å²) < 4.78 is 0. The Labute approximate surface area is 91.6 Å². The van der Waals surface area contributed by atoms with Crippen LogP contribution in [0.3, 0.4) is 0 Å². The molecule has 86 valence electrons. The van der Waals surface area contributed by atoms with Crippen LogP contribution in [-0.2, 0) is 0 Å². The average Bonchev–Trinajstić information content (AvgIpc) is 3.02. The molecule has 15 heavy (non-hydrogen) atoms. The Kier molecular flexibility index (Phi) is 3.46. The molecule has 4 nitrogen and oxygen atoms in total. The van der Waals surface area contributed by atoms with Crippen LogP contribution in [0.4, 0.5) is 4.79 Å². The predicted molar refractivity (Wildman–Crippen MR) is 59.9 cm³/mol. The molecule has 0 radical (unpaired) electrons. The van der Waals surface area contributed by atoms with E-state index >= 15 is 0 Å². The Morgan fingerprint density at radius 1 is 1.27 bits per heavy atom. The fourth-order valence-electron chi connectivity index (χ4n) is 1.98. The highest BCUT2D eigenvalue weighted by Gasteiger charge is 2.26. The van der Waals surface area contributed by atoms with Crippen molar-refractivity contribution in [3.63, 3.8) is 0 Å². The van der Waals surface area contributed by atoms with Gasteiger partial charge in [-0.15, -0.1) is 0 Å². The third-order valence-electron chi connectivity index (χ3n) is 3.23. The fourth-order valence-corrected chi connectivity index (χ4v) is 1.98. The molecule has 0 bridgehead atoms. The lowest BCUT2D eigenvalue weighted by Crippen LogP contribution is -2.42. The second kappa shape index (κ2) is 4.84.